The predicted octanol–water partition coefficient (Wildman–Crippen LogP) is 3.44. The number of fused-ring (bicyclic) bond motifs is 1. The molecule has 3 saturated heterocycles. The number of halogens is 1. The number of pyridine rings is 1. The topological polar surface area (TPSA) is 66.7 Å². The molecule has 1 aromatic heterocycles. The lowest BCUT2D eigenvalue weighted by Gasteiger charge is -2.47. The van der Waals surface area contributed by atoms with Gasteiger partial charge >= 0.3 is 0 Å². The van der Waals surface area contributed by atoms with Gasteiger partial charge in [0, 0.05) is 68.4 Å². The van der Waals surface area contributed by atoms with Crippen LogP contribution in [0, 0.1) is 22.6 Å². The molecule has 0 unspecified atom stereocenters. The molecule has 0 bridgehead atoms. The minimum Gasteiger partial charge on any atom is -0.355 e. The molecule has 8 heteroatoms. The summed E-state index contributed by atoms with van der Waals surface area (Å²) in [5, 5.41) is 10.4. The summed E-state index contributed by atoms with van der Waals surface area (Å²) in [6.45, 7) is 10.2. The highest BCUT2D eigenvalue weighted by Gasteiger charge is 2.49. The zero-order chi connectivity index (χ0) is 26.4. The summed E-state index contributed by atoms with van der Waals surface area (Å²) in [4.78, 5) is 26.1. The van der Waals surface area contributed by atoms with Crippen molar-refractivity contribution in [3.8, 4) is 17.2 Å². The van der Waals surface area contributed by atoms with E-state index in [1.54, 1.807) is 12.1 Å². The van der Waals surface area contributed by atoms with Crippen LogP contribution in [0.3, 0.4) is 0 Å². The quantitative estimate of drug-likeness (QED) is 0.570. The largest absolute Gasteiger partial charge is 0.355 e. The summed E-state index contributed by atoms with van der Waals surface area (Å²) in [5.41, 5.74) is 3.64. The highest BCUT2D eigenvalue weighted by Crippen LogP contribution is 2.44. The van der Waals surface area contributed by atoms with E-state index < -0.39 is 0 Å². The van der Waals surface area contributed by atoms with Crippen LogP contribution < -0.4 is 4.90 Å². The highest BCUT2D eigenvalue weighted by molar-refractivity contribution is 5.88. The van der Waals surface area contributed by atoms with Crippen LogP contribution in [0.5, 0.6) is 0 Å². The van der Waals surface area contributed by atoms with Crippen molar-refractivity contribution in [1.82, 2.24) is 19.7 Å². The third-order valence-corrected chi connectivity index (χ3v) is 9.09. The lowest BCUT2D eigenvalue weighted by atomic mass is 9.79. The Balaban J connectivity index is 1.36. The van der Waals surface area contributed by atoms with E-state index in [4.69, 9.17) is 4.98 Å². The van der Waals surface area contributed by atoms with Gasteiger partial charge < -0.3 is 14.7 Å². The average Bonchev–Trinajstić information content (AvgIpc) is 3.53. The van der Waals surface area contributed by atoms with Crippen molar-refractivity contribution in [2.75, 3.05) is 57.8 Å². The van der Waals surface area contributed by atoms with Crippen LogP contribution in [0.25, 0.3) is 11.1 Å². The van der Waals surface area contributed by atoms with Gasteiger partial charge in [-0.05, 0) is 57.0 Å². The molecule has 7 nitrogen and oxygen atoms in total. The number of amides is 1. The monoisotopic (exact) mass is 514 g/mol. The minimum atomic E-state index is -0.311. The van der Waals surface area contributed by atoms with E-state index in [0.29, 0.717) is 48.2 Å². The number of rotatable bonds is 5. The Morgan fingerprint density at radius 1 is 1.26 bits per heavy atom. The number of carbonyl (C=O) groups excluding carboxylic acids is 1. The van der Waals surface area contributed by atoms with Crippen LogP contribution >= 0.6 is 0 Å². The number of likely N-dealkylation sites (N-methyl/N-ethyl adjacent to an activating group) is 1. The molecule has 0 saturated carbocycles. The first-order chi connectivity index (χ1) is 18.4. The van der Waals surface area contributed by atoms with Crippen molar-refractivity contribution in [3.63, 3.8) is 0 Å². The Labute approximate surface area is 224 Å². The second kappa shape index (κ2) is 9.79. The normalized spacial score (nSPS) is 22.8. The molecule has 4 aliphatic heterocycles. The SMILES string of the molecule is C=CC(=O)N1CC2(CCN(c3nc4c(c(-c5ccccc5F)c3C#N)CCN(C[C@@H]3CCCN3C)C4)C2)C1. The number of aromatic nitrogens is 1. The molecule has 6 rings (SSSR count). The summed E-state index contributed by atoms with van der Waals surface area (Å²) in [6, 6.07) is 9.76. The molecule has 5 heterocycles. The van der Waals surface area contributed by atoms with Crippen molar-refractivity contribution in [2.45, 2.75) is 38.3 Å². The number of nitrogens with zero attached hydrogens (tertiary/aromatic N) is 6. The Hall–Kier alpha value is -3.28. The summed E-state index contributed by atoms with van der Waals surface area (Å²) in [5.74, 6) is 0.317. The zero-order valence-electron chi connectivity index (χ0n) is 22.1. The molecular weight excluding hydrogens is 479 g/mol. The number of nitriles is 1. The fraction of sp³-hybridized carbons (Fsp3) is 0.500. The number of benzene rings is 1. The third-order valence-electron chi connectivity index (χ3n) is 9.09. The van der Waals surface area contributed by atoms with Gasteiger partial charge in [-0.1, -0.05) is 24.8 Å². The first-order valence-corrected chi connectivity index (χ1v) is 13.7. The van der Waals surface area contributed by atoms with Gasteiger partial charge in [0.05, 0.1) is 5.69 Å². The van der Waals surface area contributed by atoms with E-state index in [9.17, 15) is 10.1 Å². The smallest absolute Gasteiger partial charge is 0.245 e. The molecular formula is C30H35FN6O. The average molecular weight is 515 g/mol. The Bertz CT molecular complexity index is 1310. The van der Waals surface area contributed by atoms with Crippen LogP contribution in [0.4, 0.5) is 10.2 Å². The van der Waals surface area contributed by atoms with Gasteiger partial charge in [-0.15, -0.1) is 0 Å². The molecule has 38 heavy (non-hydrogen) atoms. The summed E-state index contributed by atoms with van der Waals surface area (Å²) in [6.07, 6.45) is 5.51. The number of hydrogen-bond acceptors (Lipinski definition) is 6. The molecule has 3 fully saturated rings. The van der Waals surface area contributed by atoms with Crippen molar-refractivity contribution in [3.05, 3.63) is 59.6 Å². The van der Waals surface area contributed by atoms with Crippen LogP contribution in [0.2, 0.25) is 0 Å². The van der Waals surface area contributed by atoms with E-state index in [-0.39, 0.29) is 17.1 Å². The van der Waals surface area contributed by atoms with E-state index in [2.05, 4.69) is 34.4 Å². The first-order valence-electron chi connectivity index (χ1n) is 13.7. The summed E-state index contributed by atoms with van der Waals surface area (Å²) in [7, 11) is 2.20. The van der Waals surface area contributed by atoms with Crippen LogP contribution in [0.15, 0.2) is 36.9 Å². The maximum absolute atomic E-state index is 15.2. The van der Waals surface area contributed by atoms with E-state index >= 15 is 4.39 Å². The van der Waals surface area contributed by atoms with Crippen LogP contribution in [-0.4, -0.2) is 84.5 Å². The Morgan fingerprint density at radius 3 is 2.79 bits per heavy atom. The lowest BCUT2D eigenvalue weighted by molar-refractivity contribution is -0.136. The van der Waals surface area contributed by atoms with Crippen molar-refractivity contribution in [1.29, 1.82) is 5.26 Å². The van der Waals surface area contributed by atoms with Gasteiger partial charge in [0.15, 0.2) is 0 Å². The van der Waals surface area contributed by atoms with E-state index in [1.165, 1.54) is 25.0 Å². The first kappa shape index (κ1) is 25.0. The van der Waals surface area contributed by atoms with Gasteiger partial charge in [-0.25, -0.2) is 9.37 Å². The van der Waals surface area contributed by atoms with Gasteiger partial charge in [0.1, 0.15) is 23.3 Å². The highest BCUT2D eigenvalue weighted by atomic mass is 19.1. The second-order valence-corrected chi connectivity index (χ2v) is 11.5. The van der Waals surface area contributed by atoms with Crippen molar-refractivity contribution in [2.24, 2.45) is 5.41 Å². The maximum atomic E-state index is 15.2. The molecule has 0 N–H and O–H groups in total. The van der Waals surface area contributed by atoms with Crippen molar-refractivity contribution < 1.29 is 9.18 Å². The van der Waals surface area contributed by atoms with Gasteiger partial charge in [0.25, 0.3) is 0 Å². The standard InChI is InChI=1S/C30H35FN6O/c1-3-27(38)37-19-30(20-37)11-14-36(18-30)29-24(15-32)28(22-8-4-5-9-25(22)31)23-10-13-35(17-26(23)33-29)16-21-7-6-12-34(21)2/h3-5,8-9,21H,1,6-7,10-14,16-20H2,2H3/t21-/m0/s1. The summed E-state index contributed by atoms with van der Waals surface area (Å²) < 4.78 is 15.2. The van der Waals surface area contributed by atoms with Gasteiger partial charge in [-0.2, -0.15) is 5.26 Å². The lowest BCUT2D eigenvalue weighted by Crippen LogP contribution is -2.59. The Kier molecular flexibility index (Phi) is 6.45. The number of hydrogen-bond donors (Lipinski definition) is 0. The van der Waals surface area contributed by atoms with Crippen molar-refractivity contribution >= 4 is 11.7 Å². The molecule has 2 aromatic rings. The summed E-state index contributed by atoms with van der Waals surface area (Å²) >= 11 is 0. The molecule has 1 aromatic carbocycles. The van der Waals surface area contributed by atoms with Gasteiger partial charge in [0.2, 0.25) is 5.91 Å². The number of carbonyl (C=O) groups is 1. The third kappa shape index (κ3) is 4.28. The zero-order valence-corrected chi connectivity index (χ0v) is 22.1. The van der Waals surface area contributed by atoms with Crippen LogP contribution in [-0.2, 0) is 17.8 Å². The predicted molar refractivity (Wildman–Crippen MR) is 145 cm³/mol. The maximum Gasteiger partial charge on any atom is 0.245 e. The van der Waals surface area contributed by atoms with E-state index in [1.807, 2.05) is 11.0 Å². The fourth-order valence-electron chi connectivity index (χ4n) is 7.00. The second-order valence-electron chi connectivity index (χ2n) is 11.5. The van der Waals surface area contributed by atoms with E-state index in [0.717, 1.165) is 56.8 Å². The molecule has 198 valence electrons. The molecule has 0 aliphatic carbocycles. The number of anilines is 1. The minimum absolute atomic E-state index is 0.0141. The molecule has 0 radical (unpaired) electrons. The molecule has 1 atom stereocenters. The Morgan fingerprint density at radius 2 is 2.08 bits per heavy atom. The fourth-order valence-corrected chi connectivity index (χ4v) is 7.00. The van der Waals surface area contributed by atoms with Crippen LogP contribution in [0.1, 0.15) is 36.1 Å². The molecule has 4 aliphatic rings. The molecule has 1 spiro atoms. The molecule has 1 amide bonds. The number of likely N-dealkylation sites (tertiary alicyclic amines) is 2. The van der Waals surface area contributed by atoms with Gasteiger partial charge in [-0.3, -0.25) is 9.69 Å².